The second-order valence-electron chi connectivity index (χ2n) is 5.83. The number of rotatable bonds is 3. The summed E-state index contributed by atoms with van der Waals surface area (Å²) >= 11 is 1.67. The fourth-order valence-electron chi connectivity index (χ4n) is 2.87. The molecule has 0 saturated carbocycles. The van der Waals surface area contributed by atoms with Crippen molar-refractivity contribution in [2.45, 2.75) is 38.6 Å². The molecule has 0 N–H and O–H groups in total. The molecule has 1 aliphatic heterocycles. The minimum Gasteiger partial charge on any atom is -0.343 e. The molecule has 0 spiro atoms. The molecular weight excluding hydrogens is 298 g/mol. The smallest absolute Gasteiger partial charge is 0.249 e. The van der Waals surface area contributed by atoms with Gasteiger partial charge in [0.2, 0.25) is 5.89 Å². The molecule has 7 heteroatoms. The fraction of sp³-hybridized carbons (Fsp3) is 0.467. The Hall–Kier alpha value is -2.02. The van der Waals surface area contributed by atoms with Crippen LogP contribution in [0.3, 0.4) is 0 Å². The maximum atomic E-state index is 5.51. The average Bonchev–Trinajstić information content (AvgIpc) is 3.25. The molecule has 4 heterocycles. The summed E-state index contributed by atoms with van der Waals surface area (Å²) in [5.74, 6) is 2.72. The summed E-state index contributed by atoms with van der Waals surface area (Å²) in [4.78, 5) is 15.7. The molecule has 114 valence electrons. The van der Waals surface area contributed by atoms with Crippen LogP contribution in [0.25, 0.3) is 10.2 Å². The number of anilines is 1. The first-order valence-corrected chi connectivity index (χ1v) is 8.40. The van der Waals surface area contributed by atoms with E-state index in [1.165, 1.54) is 0 Å². The third kappa shape index (κ3) is 2.16. The highest BCUT2D eigenvalue weighted by Gasteiger charge is 2.33. The number of hydrogen-bond donors (Lipinski definition) is 0. The molecule has 0 unspecified atom stereocenters. The van der Waals surface area contributed by atoms with Crippen LogP contribution in [-0.4, -0.2) is 26.7 Å². The molecule has 0 aromatic carbocycles. The molecule has 1 atom stereocenters. The number of aromatic nitrogens is 4. The maximum absolute atomic E-state index is 5.51. The van der Waals surface area contributed by atoms with Crippen molar-refractivity contribution in [3.05, 3.63) is 29.5 Å². The van der Waals surface area contributed by atoms with Gasteiger partial charge in [-0.25, -0.2) is 9.97 Å². The molecule has 0 radical (unpaired) electrons. The van der Waals surface area contributed by atoms with E-state index in [1.807, 2.05) is 6.07 Å². The van der Waals surface area contributed by atoms with Crippen molar-refractivity contribution in [1.82, 2.24) is 20.1 Å². The van der Waals surface area contributed by atoms with Crippen LogP contribution in [0.2, 0.25) is 0 Å². The van der Waals surface area contributed by atoms with E-state index in [-0.39, 0.29) is 12.0 Å². The molecule has 1 aliphatic rings. The summed E-state index contributed by atoms with van der Waals surface area (Å²) in [5, 5.41) is 6.15. The zero-order valence-corrected chi connectivity index (χ0v) is 13.4. The van der Waals surface area contributed by atoms with Crippen molar-refractivity contribution < 1.29 is 4.52 Å². The molecule has 4 rings (SSSR count). The molecule has 6 nitrogen and oxygen atoms in total. The lowest BCUT2D eigenvalue weighted by molar-refractivity contribution is 0.349. The van der Waals surface area contributed by atoms with Crippen LogP contribution in [0, 0.1) is 0 Å². The Kier molecular flexibility index (Phi) is 3.29. The Morgan fingerprint density at radius 1 is 1.36 bits per heavy atom. The Balaban J connectivity index is 1.72. The molecule has 0 amide bonds. The Bertz CT molecular complexity index is 796. The van der Waals surface area contributed by atoms with E-state index in [0.717, 1.165) is 41.2 Å². The van der Waals surface area contributed by atoms with E-state index in [1.54, 1.807) is 17.7 Å². The lowest BCUT2D eigenvalue weighted by atomic mass is 10.2. The molecule has 22 heavy (non-hydrogen) atoms. The van der Waals surface area contributed by atoms with Gasteiger partial charge >= 0.3 is 0 Å². The predicted molar refractivity (Wildman–Crippen MR) is 85.1 cm³/mol. The van der Waals surface area contributed by atoms with Gasteiger partial charge in [-0.3, -0.25) is 0 Å². The van der Waals surface area contributed by atoms with Crippen molar-refractivity contribution in [2.24, 2.45) is 0 Å². The summed E-state index contributed by atoms with van der Waals surface area (Å²) in [6.07, 6.45) is 3.74. The summed E-state index contributed by atoms with van der Waals surface area (Å²) in [6, 6.07) is 2.14. The number of fused-ring (bicyclic) bond motifs is 1. The summed E-state index contributed by atoms with van der Waals surface area (Å²) in [5.41, 5.74) is 0.994. The molecule has 0 aliphatic carbocycles. The fourth-order valence-corrected chi connectivity index (χ4v) is 3.72. The molecule has 0 bridgehead atoms. The monoisotopic (exact) mass is 315 g/mol. The van der Waals surface area contributed by atoms with E-state index in [9.17, 15) is 0 Å². The molecular formula is C15H17N5OS. The zero-order valence-electron chi connectivity index (χ0n) is 12.6. The molecule has 3 aromatic rings. The largest absolute Gasteiger partial charge is 0.343 e. The van der Waals surface area contributed by atoms with E-state index in [2.05, 4.69) is 44.2 Å². The normalized spacial score (nSPS) is 18.7. The molecule has 3 aromatic heterocycles. The van der Waals surface area contributed by atoms with Gasteiger partial charge in [0.05, 0.1) is 10.2 Å². The van der Waals surface area contributed by atoms with Gasteiger partial charge in [0, 0.05) is 12.5 Å². The van der Waals surface area contributed by atoms with Gasteiger partial charge < -0.3 is 9.42 Å². The van der Waals surface area contributed by atoms with Gasteiger partial charge in [0.25, 0.3) is 0 Å². The van der Waals surface area contributed by atoms with Gasteiger partial charge in [-0.05, 0) is 24.3 Å². The summed E-state index contributed by atoms with van der Waals surface area (Å²) < 4.78 is 6.64. The van der Waals surface area contributed by atoms with Crippen molar-refractivity contribution in [3.63, 3.8) is 0 Å². The summed E-state index contributed by atoms with van der Waals surface area (Å²) in [7, 11) is 0. The topological polar surface area (TPSA) is 67.9 Å². The van der Waals surface area contributed by atoms with Gasteiger partial charge in [-0.1, -0.05) is 19.0 Å². The Morgan fingerprint density at radius 2 is 2.27 bits per heavy atom. The van der Waals surface area contributed by atoms with Crippen LogP contribution in [0.4, 0.5) is 5.82 Å². The third-order valence-corrected chi connectivity index (χ3v) is 4.91. The second kappa shape index (κ2) is 5.31. The highest BCUT2D eigenvalue weighted by atomic mass is 32.1. The van der Waals surface area contributed by atoms with E-state index < -0.39 is 0 Å². The van der Waals surface area contributed by atoms with Crippen LogP contribution >= 0.6 is 11.3 Å². The van der Waals surface area contributed by atoms with Crippen molar-refractivity contribution in [3.8, 4) is 0 Å². The first-order chi connectivity index (χ1) is 10.7. The first-order valence-electron chi connectivity index (χ1n) is 7.52. The van der Waals surface area contributed by atoms with E-state index in [0.29, 0.717) is 5.89 Å². The van der Waals surface area contributed by atoms with Gasteiger partial charge in [0.1, 0.15) is 12.4 Å². The SMILES string of the molecule is CC(C)c1noc([C@@H]2CCCN2c2ncnc3ccsc23)n1. The Labute approximate surface area is 132 Å². The van der Waals surface area contributed by atoms with Gasteiger partial charge in [-0.2, -0.15) is 4.98 Å². The minimum absolute atomic E-state index is 0.111. The molecule has 1 saturated heterocycles. The predicted octanol–water partition coefficient (Wildman–Crippen LogP) is 3.54. The standard InChI is InChI=1S/C15H17N5OS/c1-9(2)13-18-15(21-19-13)11-4-3-6-20(11)14-12-10(5-7-22-12)16-8-17-14/h5,7-9,11H,3-4,6H2,1-2H3/t11-/m0/s1. The van der Waals surface area contributed by atoms with Crippen LogP contribution < -0.4 is 4.90 Å². The first kappa shape index (κ1) is 13.6. The van der Waals surface area contributed by atoms with Crippen LogP contribution in [0.15, 0.2) is 22.3 Å². The minimum atomic E-state index is 0.111. The lowest BCUT2D eigenvalue weighted by Crippen LogP contribution is -2.24. The highest BCUT2D eigenvalue weighted by molar-refractivity contribution is 7.17. The molecule has 1 fully saturated rings. The van der Waals surface area contributed by atoms with Crippen LogP contribution in [-0.2, 0) is 0 Å². The zero-order chi connectivity index (χ0) is 15.1. The van der Waals surface area contributed by atoms with E-state index >= 15 is 0 Å². The van der Waals surface area contributed by atoms with Crippen LogP contribution in [0.1, 0.15) is 50.4 Å². The lowest BCUT2D eigenvalue weighted by Gasteiger charge is -2.23. The van der Waals surface area contributed by atoms with E-state index in [4.69, 9.17) is 4.52 Å². The third-order valence-electron chi connectivity index (χ3n) is 4.01. The number of thiophene rings is 1. The number of hydrogen-bond acceptors (Lipinski definition) is 7. The van der Waals surface area contributed by atoms with Crippen molar-refractivity contribution in [2.75, 3.05) is 11.4 Å². The quantitative estimate of drug-likeness (QED) is 0.736. The highest BCUT2D eigenvalue weighted by Crippen LogP contribution is 2.38. The average molecular weight is 315 g/mol. The number of nitrogens with zero attached hydrogens (tertiary/aromatic N) is 5. The van der Waals surface area contributed by atoms with Gasteiger partial charge in [0.15, 0.2) is 11.6 Å². The Morgan fingerprint density at radius 3 is 3.09 bits per heavy atom. The van der Waals surface area contributed by atoms with Crippen molar-refractivity contribution >= 4 is 27.4 Å². The summed E-state index contributed by atoms with van der Waals surface area (Å²) in [6.45, 7) is 5.09. The van der Waals surface area contributed by atoms with Crippen molar-refractivity contribution in [1.29, 1.82) is 0 Å². The van der Waals surface area contributed by atoms with Crippen LogP contribution in [0.5, 0.6) is 0 Å². The second-order valence-corrected chi connectivity index (χ2v) is 6.75. The van der Waals surface area contributed by atoms with Gasteiger partial charge in [-0.15, -0.1) is 11.3 Å². The maximum Gasteiger partial charge on any atom is 0.249 e.